The van der Waals surface area contributed by atoms with Gasteiger partial charge in [0.2, 0.25) is 0 Å². The summed E-state index contributed by atoms with van der Waals surface area (Å²) in [5.41, 5.74) is 2.49. The normalized spacial score (nSPS) is 28.7. The van der Waals surface area contributed by atoms with Gasteiger partial charge in [-0.25, -0.2) is 0 Å². The maximum Gasteiger partial charge on any atom is 0.0827 e. The predicted octanol–water partition coefficient (Wildman–Crippen LogP) is 1.70. The van der Waals surface area contributed by atoms with Crippen molar-refractivity contribution in [1.29, 1.82) is 0 Å². The highest BCUT2D eigenvalue weighted by molar-refractivity contribution is 5.50. The Morgan fingerprint density at radius 1 is 1.44 bits per heavy atom. The Morgan fingerprint density at radius 2 is 2.22 bits per heavy atom. The Kier molecular flexibility index (Phi) is 3.06. The summed E-state index contributed by atoms with van der Waals surface area (Å²) < 4.78 is 1.94. The molecule has 2 fully saturated rings. The lowest BCUT2D eigenvalue weighted by Gasteiger charge is -2.41. The Hall–Kier alpha value is -1.03. The molecule has 0 spiro atoms. The van der Waals surface area contributed by atoms with Crippen molar-refractivity contribution in [1.82, 2.24) is 15.1 Å². The number of rotatable bonds is 3. The van der Waals surface area contributed by atoms with Gasteiger partial charge in [-0.05, 0) is 32.1 Å². The number of anilines is 1. The Balaban J connectivity index is 1.83. The van der Waals surface area contributed by atoms with Gasteiger partial charge in [-0.15, -0.1) is 0 Å². The van der Waals surface area contributed by atoms with E-state index in [0.29, 0.717) is 12.1 Å². The lowest BCUT2D eigenvalue weighted by molar-refractivity contribution is 0.359. The van der Waals surface area contributed by atoms with E-state index in [2.05, 4.69) is 35.4 Å². The topological polar surface area (TPSA) is 33.1 Å². The highest BCUT2D eigenvalue weighted by Gasteiger charge is 2.37. The van der Waals surface area contributed by atoms with E-state index in [4.69, 9.17) is 0 Å². The molecular weight excluding hydrogens is 224 g/mol. The van der Waals surface area contributed by atoms with Crippen LogP contribution >= 0.6 is 0 Å². The van der Waals surface area contributed by atoms with Crippen molar-refractivity contribution in [2.75, 3.05) is 18.0 Å². The molecule has 1 aromatic heterocycles. The second-order valence-electron chi connectivity index (χ2n) is 5.84. The molecule has 0 aromatic carbocycles. The van der Waals surface area contributed by atoms with E-state index in [-0.39, 0.29) is 0 Å². The Morgan fingerprint density at radius 3 is 2.78 bits per heavy atom. The zero-order chi connectivity index (χ0) is 12.7. The standard InChI is InChI=1S/C14H24N4/c1-4-12-7-15-13(11-5-6-11)8-18(12)14-9-17(3)16-10(14)2/h9,11-13,15H,4-8H2,1-3H3. The van der Waals surface area contributed by atoms with Gasteiger partial charge in [0.1, 0.15) is 0 Å². The fraction of sp³-hybridized carbons (Fsp3) is 0.786. The molecule has 2 unspecified atom stereocenters. The van der Waals surface area contributed by atoms with Gasteiger partial charge in [-0.1, -0.05) is 6.92 Å². The van der Waals surface area contributed by atoms with Crippen molar-refractivity contribution in [2.45, 2.75) is 45.2 Å². The molecule has 1 saturated heterocycles. The molecule has 2 aliphatic rings. The third-order valence-corrected chi connectivity index (χ3v) is 4.41. The lowest BCUT2D eigenvalue weighted by Crippen LogP contribution is -2.57. The maximum atomic E-state index is 4.50. The van der Waals surface area contributed by atoms with Gasteiger partial charge < -0.3 is 10.2 Å². The van der Waals surface area contributed by atoms with Gasteiger partial charge >= 0.3 is 0 Å². The van der Waals surface area contributed by atoms with Crippen LogP contribution in [0.15, 0.2) is 6.20 Å². The van der Waals surface area contributed by atoms with Gasteiger partial charge in [0.25, 0.3) is 0 Å². The van der Waals surface area contributed by atoms with Crippen LogP contribution in [0.1, 0.15) is 31.9 Å². The molecule has 1 aliphatic carbocycles. The number of hydrogen-bond donors (Lipinski definition) is 1. The van der Waals surface area contributed by atoms with E-state index in [1.165, 1.54) is 24.9 Å². The minimum Gasteiger partial charge on any atom is -0.363 e. The number of piperazine rings is 1. The molecule has 1 N–H and O–H groups in total. The first-order chi connectivity index (χ1) is 8.69. The molecule has 2 atom stereocenters. The van der Waals surface area contributed by atoms with Gasteiger partial charge in [0, 0.05) is 38.4 Å². The van der Waals surface area contributed by atoms with E-state index in [1.54, 1.807) is 0 Å². The first-order valence-electron chi connectivity index (χ1n) is 7.19. The fourth-order valence-corrected chi connectivity index (χ4v) is 3.17. The van der Waals surface area contributed by atoms with Crippen LogP contribution in [0.2, 0.25) is 0 Å². The molecule has 0 bridgehead atoms. The highest BCUT2D eigenvalue weighted by atomic mass is 15.3. The monoisotopic (exact) mass is 248 g/mol. The number of nitrogens with one attached hydrogen (secondary N) is 1. The van der Waals surface area contributed by atoms with Crippen molar-refractivity contribution in [3.63, 3.8) is 0 Å². The fourth-order valence-electron chi connectivity index (χ4n) is 3.17. The Labute approximate surface area is 109 Å². The summed E-state index contributed by atoms with van der Waals surface area (Å²) in [5, 5.41) is 8.23. The van der Waals surface area contributed by atoms with Gasteiger partial charge in [-0.2, -0.15) is 5.10 Å². The van der Waals surface area contributed by atoms with Gasteiger partial charge in [-0.3, -0.25) is 4.68 Å². The van der Waals surface area contributed by atoms with E-state index in [1.807, 2.05) is 11.7 Å². The number of nitrogens with zero attached hydrogens (tertiary/aromatic N) is 3. The minimum atomic E-state index is 0.614. The lowest BCUT2D eigenvalue weighted by atomic mass is 10.0. The molecule has 0 radical (unpaired) electrons. The van der Waals surface area contributed by atoms with E-state index < -0.39 is 0 Å². The molecule has 1 aromatic rings. The van der Waals surface area contributed by atoms with Crippen molar-refractivity contribution >= 4 is 5.69 Å². The third-order valence-electron chi connectivity index (χ3n) is 4.41. The van der Waals surface area contributed by atoms with E-state index >= 15 is 0 Å². The van der Waals surface area contributed by atoms with Crippen LogP contribution in [0.4, 0.5) is 5.69 Å². The second-order valence-corrected chi connectivity index (χ2v) is 5.84. The average Bonchev–Trinajstić information content (AvgIpc) is 3.14. The number of hydrogen-bond acceptors (Lipinski definition) is 3. The first kappa shape index (κ1) is 12.0. The molecule has 4 heteroatoms. The summed E-state index contributed by atoms with van der Waals surface area (Å²) in [6.07, 6.45) is 6.19. The predicted molar refractivity (Wildman–Crippen MR) is 73.9 cm³/mol. The number of aromatic nitrogens is 2. The maximum absolute atomic E-state index is 4.50. The summed E-state index contributed by atoms with van der Waals surface area (Å²) in [5.74, 6) is 0.919. The zero-order valence-corrected chi connectivity index (χ0v) is 11.7. The third kappa shape index (κ3) is 2.14. The molecule has 0 amide bonds. The van der Waals surface area contributed by atoms with Crippen LogP contribution in [0, 0.1) is 12.8 Å². The van der Waals surface area contributed by atoms with Crippen LogP contribution in [0.25, 0.3) is 0 Å². The SMILES string of the molecule is CCC1CNC(C2CC2)CN1c1cn(C)nc1C. The van der Waals surface area contributed by atoms with E-state index in [0.717, 1.165) is 24.7 Å². The molecule has 1 saturated carbocycles. The number of aryl methyl sites for hydroxylation is 2. The zero-order valence-electron chi connectivity index (χ0n) is 11.7. The summed E-state index contributed by atoms with van der Waals surface area (Å²) in [4.78, 5) is 2.59. The van der Waals surface area contributed by atoms with Gasteiger partial charge in [0.05, 0.1) is 11.4 Å². The summed E-state index contributed by atoms with van der Waals surface area (Å²) >= 11 is 0. The smallest absolute Gasteiger partial charge is 0.0827 e. The van der Waals surface area contributed by atoms with Crippen LogP contribution in [0.5, 0.6) is 0 Å². The highest BCUT2D eigenvalue weighted by Crippen LogP contribution is 2.36. The molecular formula is C14H24N4. The molecule has 3 rings (SSSR count). The second kappa shape index (κ2) is 4.57. The molecule has 100 valence electrons. The van der Waals surface area contributed by atoms with Gasteiger partial charge in [0.15, 0.2) is 0 Å². The summed E-state index contributed by atoms with van der Waals surface area (Å²) in [6.45, 7) is 6.67. The van der Waals surface area contributed by atoms with Crippen LogP contribution < -0.4 is 10.2 Å². The molecule has 4 nitrogen and oxygen atoms in total. The van der Waals surface area contributed by atoms with Crippen molar-refractivity contribution in [3.8, 4) is 0 Å². The average molecular weight is 248 g/mol. The summed E-state index contributed by atoms with van der Waals surface area (Å²) in [6, 6.07) is 1.30. The largest absolute Gasteiger partial charge is 0.363 e. The van der Waals surface area contributed by atoms with Crippen LogP contribution in [-0.4, -0.2) is 35.0 Å². The molecule has 1 aliphatic heterocycles. The molecule has 18 heavy (non-hydrogen) atoms. The van der Waals surface area contributed by atoms with Crippen LogP contribution in [0.3, 0.4) is 0 Å². The first-order valence-corrected chi connectivity index (χ1v) is 7.19. The summed E-state index contributed by atoms with van der Waals surface area (Å²) in [7, 11) is 2.01. The quantitative estimate of drug-likeness (QED) is 0.884. The van der Waals surface area contributed by atoms with Crippen molar-refractivity contribution < 1.29 is 0 Å². The van der Waals surface area contributed by atoms with Crippen LogP contribution in [-0.2, 0) is 7.05 Å². The van der Waals surface area contributed by atoms with Crippen molar-refractivity contribution in [3.05, 3.63) is 11.9 Å². The molecule has 2 heterocycles. The minimum absolute atomic E-state index is 0.614. The van der Waals surface area contributed by atoms with E-state index in [9.17, 15) is 0 Å². The van der Waals surface area contributed by atoms with Crippen molar-refractivity contribution in [2.24, 2.45) is 13.0 Å². The Bertz CT molecular complexity index is 421.